The third kappa shape index (κ3) is 6.39. The molecular formula is C29H29ClN8O3. The molecule has 0 radical (unpaired) electrons. The number of nitrogens with zero attached hydrogens (tertiary/aromatic N) is 6. The molecule has 1 aliphatic heterocycles. The minimum atomic E-state index is -0.588. The topological polar surface area (TPSA) is 138 Å². The van der Waals surface area contributed by atoms with E-state index in [0.717, 1.165) is 11.1 Å². The van der Waals surface area contributed by atoms with E-state index in [-0.39, 0.29) is 6.04 Å². The fourth-order valence-corrected chi connectivity index (χ4v) is 4.93. The number of hydrogen-bond acceptors (Lipinski definition) is 7. The van der Waals surface area contributed by atoms with E-state index in [9.17, 15) is 14.9 Å². The molecule has 2 N–H and O–H groups in total. The van der Waals surface area contributed by atoms with Crippen molar-refractivity contribution >= 4 is 35.2 Å². The van der Waals surface area contributed by atoms with E-state index in [0.29, 0.717) is 58.6 Å². The molecule has 0 spiro atoms. The van der Waals surface area contributed by atoms with Gasteiger partial charge in [-0.3, -0.25) is 5.32 Å². The molecule has 0 bridgehead atoms. The van der Waals surface area contributed by atoms with Gasteiger partial charge in [-0.25, -0.2) is 24.1 Å². The molecule has 12 heteroatoms. The molecule has 0 aliphatic carbocycles. The number of nitriles is 1. The maximum atomic E-state index is 12.9. The summed E-state index contributed by atoms with van der Waals surface area (Å²) in [6, 6.07) is 13.9. The second-order valence-electron chi connectivity index (χ2n) is 10.8. The van der Waals surface area contributed by atoms with Crippen LogP contribution >= 0.6 is 11.6 Å². The van der Waals surface area contributed by atoms with Crippen molar-refractivity contribution in [3.63, 3.8) is 0 Å². The molecule has 1 aromatic carbocycles. The van der Waals surface area contributed by atoms with E-state index >= 15 is 0 Å². The van der Waals surface area contributed by atoms with Crippen LogP contribution in [0.25, 0.3) is 28.0 Å². The standard InChI is InChI=1S/C29H29ClN8O3/c1-17-12-20(14-22(30)32-17)24-25(19-7-5-6-18(13-19)15-31)36-38-11-9-23(34-26(24)38)35-27(39)33-21-8-10-37(16-21)28(40)41-29(2,3)4/h5-7,9,11-14,21H,8,10,16H2,1-4H3,(H2,33,34,35,39)/t21-/m0/s1. The lowest BCUT2D eigenvalue weighted by molar-refractivity contribution is 0.0291. The summed E-state index contributed by atoms with van der Waals surface area (Å²) in [5.74, 6) is 0.312. The van der Waals surface area contributed by atoms with Gasteiger partial charge in [0.25, 0.3) is 0 Å². The molecule has 210 valence electrons. The number of amides is 3. The Balaban J connectivity index is 1.42. The maximum absolute atomic E-state index is 12.9. The largest absolute Gasteiger partial charge is 0.444 e. The monoisotopic (exact) mass is 572 g/mol. The maximum Gasteiger partial charge on any atom is 0.410 e. The number of fused-ring (bicyclic) bond motifs is 1. The van der Waals surface area contributed by atoms with E-state index in [1.807, 2.05) is 39.8 Å². The van der Waals surface area contributed by atoms with Gasteiger partial charge in [-0.05, 0) is 70.0 Å². The Bertz CT molecular complexity index is 1670. The van der Waals surface area contributed by atoms with Crippen molar-refractivity contribution in [2.24, 2.45) is 0 Å². The number of likely N-dealkylation sites (tertiary alicyclic amines) is 1. The summed E-state index contributed by atoms with van der Waals surface area (Å²) < 4.78 is 7.05. The summed E-state index contributed by atoms with van der Waals surface area (Å²) in [4.78, 5) is 35.8. The molecule has 0 unspecified atom stereocenters. The molecular weight excluding hydrogens is 544 g/mol. The van der Waals surface area contributed by atoms with Crippen molar-refractivity contribution in [3.05, 3.63) is 65.1 Å². The number of anilines is 1. The average Bonchev–Trinajstić information content (AvgIpc) is 3.52. The summed E-state index contributed by atoms with van der Waals surface area (Å²) in [5, 5.41) is 20.2. The number of rotatable bonds is 4. The van der Waals surface area contributed by atoms with Crippen molar-refractivity contribution < 1.29 is 14.3 Å². The number of aryl methyl sites for hydroxylation is 1. The molecule has 11 nitrogen and oxygen atoms in total. The number of hydrogen-bond donors (Lipinski definition) is 2. The van der Waals surface area contributed by atoms with Crippen LogP contribution < -0.4 is 10.6 Å². The van der Waals surface area contributed by atoms with Crippen LogP contribution in [0.1, 0.15) is 38.4 Å². The smallest absolute Gasteiger partial charge is 0.410 e. The lowest BCUT2D eigenvalue weighted by atomic mass is 10.00. The number of benzene rings is 1. The van der Waals surface area contributed by atoms with Gasteiger partial charge in [0.05, 0.1) is 17.2 Å². The fraction of sp³-hybridized carbons (Fsp3) is 0.310. The van der Waals surface area contributed by atoms with Crippen LogP contribution in [0.3, 0.4) is 0 Å². The first-order valence-corrected chi connectivity index (χ1v) is 13.5. The van der Waals surface area contributed by atoms with Gasteiger partial charge in [0, 0.05) is 36.6 Å². The highest BCUT2D eigenvalue weighted by atomic mass is 35.5. The minimum Gasteiger partial charge on any atom is -0.444 e. The number of aromatic nitrogens is 4. The molecule has 4 heterocycles. The van der Waals surface area contributed by atoms with Crippen molar-refractivity contribution in [2.75, 3.05) is 18.4 Å². The number of carbonyl (C=O) groups excluding carboxylic acids is 2. The van der Waals surface area contributed by atoms with Crippen LogP contribution in [0, 0.1) is 18.3 Å². The van der Waals surface area contributed by atoms with E-state index < -0.39 is 17.7 Å². The average molecular weight is 573 g/mol. The first kappa shape index (κ1) is 27.9. The van der Waals surface area contributed by atoms with Crippen LogP contribution in [0.4, 0.5) is 15.4 Å². The summed E-state index contributed by atoms with van der Waals surface area (Å²) in [6.07, 6.45) is 1.92. The van der Waals surface area contributed by atoms with Crippen LogP contribution in [0.15, 0.2) is 48.7 Å². The van der Waals surface area contributed by atoms with Crippen LogP contribution in [-0.4, -0.2) is 61.3 Å². The van der Waals surface area contributed by atoms with Gasteiger partial charge in [0.1, 0.15) is 22.3 Å². The van der Waals surface area contributed by atoms with Gasteiger partial charge in [-0.15, -0.1) is 0 Å². The number of halogens is 1. The Labute approximate surface area is 242 Å². The molecule has 41 heavy (non-hydrogen) atoms. The minimum absolute atomic E-state index is 0.224. The van der Waals surface area contributed by atoms with Crippen molar-refractivity contribution in [2.45, 2.75) is 45.8 Å². The van der Waals surface area contributed by atoms with E-state index in [1.54, 1.807) is 45.9 Å². The normalized spacial score (nSPS) is 15.0. The molecule has 1 aliphatic rings. The van der Waals surface area contributed by atoms with Gasteiger partial charge < -0.3 is 15.0 Å². The van der Waals surface area contributed by atoms with E-state index in [2.05, 4.69) is 21.7 Å². The van der Waals surface area contributed by atoms with Crippen molar-refractivity contribution in [1.29, 1.82) is 5.26 Å². The zero-order valence-electron chi connectivity index (χ0n) is 23.1. The SMILES string of the molecule is Cc1cc(-c2c(-c3cccc(C#N)c3)nn3ccc(NC(=O)N[C@H]4CCN(C(=O)OC(C)(C)C)C4)nc23)cc(Cl)n1. The van der Waals surface area contributed by atoms with Crippen molar-refractivity contribution in [3.8, 4) is 28.5 Å². The zero-order chi connectivity index (χ0) is 29.3. The summed E-state index contributed by atoms with van der Waals surface area (Å²) in [5.41, 5.74) is 3.88. The van der Waals surface area contributed by atoms with Gasteiger partial charge in [-0.2, -0.15) is 10.4 Å². The predicted molar refractivity (Wildman–Crippen MR) is 154 cm³/mol. The molecule has 3 aromatic heterocycles. The molecule has 0 saturated carbocycles. The molecule has 1 saturated heterocycles. The molecule has 1 atom stereocenters. The summed E-state index contributed by atoms with van der Waals surface area (Å²) in [7, 11) is 0. The van der Waals surface area contributed by atoms with Crippen LogP contribution in [0.5, 0.6) is 0 Å². The van der Waals surface area contributed by atoms with Crippen LogP contribution in [0.2, 0.25) is 5.15 Å². The lowest BCUT2D eigenvalue weighted by Gasteiger charge is -2.24. The van der Waals surface area contributed by atoms with Gasteiger partial charge in [-0.1, -0.05) is 23.7 Å². The number of ether oxygens (including phenoxy) is 1. The van der Waals surface area contributed by atoms with Gasteiger partial charge in [0.15, 0.2) is 5.65 Å². The highest BCUT2D eigenvalue weighted by Gasteiger charge is 2.30. The zero-order valence-corrected chi connectivity index (χ0v) is 23.9. The highest BCUT2D eigenvalue weighted by molar-refractivity contribution is 6.29. The number of nitrogens with one attached hydrogen (secondary N) is 2. The Kier molecular flexibility index (Phi) is 7.51. The van der Waals surface area contributed by atoms with Crippen LogP contribution in [-0.2, 0) is 4.74 Å². The Morgan fingerprint density at radius 3 is 2.68 bits per heavy atom. The second kappa shape index (κ2) is 11.1. The Hall–Kier alpha value is -4.69. The van der Waals surface area contributed by atoms with Gasteiger partial charge >= 0.3 is 12.1 Å². The first-order valence-electron chi connectivity index (χ1n) is 13.1. The van der Waals surface area contributed by atoms with E-state index in [1.165, 1.54) is 0 Å². The summed E-state index contributed by atoms with van der Waals surface area (Å²) in [6.45, 7) is 8.14. The number of urea groups is 1. The summed E-state index contributed by atoms with van der Waals surface area (Å²) >= 11 is 6.31. The molecule has 3 amide bonds. The molecule has 1 fully saturated rings. The first-order chi connectivity index (χ1) is 19.5. The molecule has 4 aromatic rings. The van der Waals surface area contributed by atoms with Crippen molar-refractivity contribution in [1.82, 2.24) is 29.8 Å². The second-order valence-corrected chi connectivity index (χ2v) is 11.2. The Morgan fingerprint density at radius 1 is 1.15 bits per heavy atom. The number of carbonyl (C=O) groups is 2. The quantitative estimate of drug-likeness (QED) is 0.311. The Morgan fingerprint density at radius 2 is 1.95 bits per heavy atom. The number of pyridine rings is 1. The third-order valence-corrected chi connectivity index (χ3v) is 6.57. The van der Waals surface area contributed by atoms with Gasteiger partial charge in [0.2, 0.25) is 0 Å². The molecule has 5 rings (SSSR count). The lowest BCUT2D eigenvalue weighted by Crippen LogP contribution is -2.41. The third-order valence-electron chi connectivity index (χ3n) is 6.38. The van der Waals surface area contributed by atoms with E-state index in [4.69, 9.17) is 26.4 Å². The predicted octanol–water partition coefficient (Wildman–Crippen LogP) is 5.42. The highest BCUT2D eigenvalue weighted by Crippen LogP contribution is 2.36. The fourth-order valence-electron chi connectivity index (χ4n) is 4.68.